The summed E-state index contributed by atoms with van der Waals surface area (Å²) in [6.45, 7) is 5.03. The van der Waals surface area contributed by atoms with Crippen molar-refractivity contribution in [2.24, 2.45) is 0 Å². The number of likely N-dealkylation sites (tertiary alicyclic amines) is 1. The molecule has 1 fully saturated rings. The van der Waals surface area contributed by atoms with E-state index < -0.39 is 0 Å². The fraction of sp³-hybridized carbons (Fsp3) is 0.571. The molecule has 2 aromatic rings. The molecule has 4 nitrogen and oxygen atoms in total. The fourth-order valence-corrected chi connectivity index (χ4v) is 4.62. The molecule has 4 heteroatoms. The van der Waals surface area contributed by atoms with Gasteiger partial charge in [0.15, 0.2) is 0 Å². The second-order valence-corrected chi connectivity index (χ2v) is 7.68. The molecular weight excluding hydrogens is 310 g/mol. The lowest BCUT2D eigenvalue weighted by Gasteiger charge is -2.22. The van der Waals surface area contributed by atoms with Gasteiger partial charge in [-0.05, 0) is 51.0 Å². The van der Waals surface area contributed by atoms with Crippen molar-refractivity contribution in [3.8, 4) is 0 Å². The van der Waals surface area contributed by atoms with Gasteiger partial charge in [-0.2, -0.15) is 0 Å². The number of aryl methyl sites for hydroxylation is 2. The number of aliphatic hydroxyl groups is 1. The van der Waals surface area contributed by atoms with Crippen molar-refractivity contribution in [3.05, 3.63) is 53.1 Å². The largest absolute Gasteiger partial charge is 0.391 e. The van der Waals surface area contributed by atoms with Crippen molar-refractivity contribution in [1.29, 1.82) is 0 Å². The summed E-state index contributed by atoms with van der Waals surface area (Å²) in [5.74, 6) is 1.18. The third-order valence-electron chi connectivity index (χ3n) is 5.74. The molecule has 1 aliphatic heterocycles. The third-order valence-corrected chi connectivity index (χ3v) is 5.74. The van der Waals surface area contributed by atoms with Gasteiger partial charge in [-0.15, -0.1) is 0 Å². The number of fused-ring (bicyclic) bond motifs is 1. The lowest BCUT2D eigenvalue weighted by atomic mass is 10.0. The number of imidazole rings is 1. The highest BCUT2D eigenvalue weighted by Gasteiger charge is 2.29. The van der Waals surface area contributed by atoms with Crippen LogP contribution in [0.2, 0.25) is 0 Å². The van der Waals surface area contributed by atoms with Gasteiger partial charge in [0.2, 0.25) is 0 Å². The summed E-state index contributed by atoms with van der Waals surface area (Å²) in [4.78, 5) is 7.26. The summed E-state index contributed by atoms with van der Waals surface area (Å²) in [5.41, 5.74) is 4.04. The number of β-amino-alcohol motifs (C(OH)–C–C–N with tert-alkyl or cyclic N) is 1. The van der Waals surface area contributed by atoms with Gasteiger partial charge in [-0.1, -0.05) is 30.3 Å². The van der Waals surface area contributed by atoms with Gasteiger partial charge in [0.05, 0.1) is 11.8 Å². The van der Waals surface area contributed by atoms with E-state index >= 15 is 0 Å². The van der Waals surface area contributed by atoms with Crippen LogP contribution in [0, 0.1) is 6.92 Å². The Morgan fingerprint density at radius 3 is 2.84 bits per heavy atom. The standard InChI is InChI=1S/C21H29N3O/c1-16-22-20-9-5-6-10-21(20)24(16)18-11-12-23(14-18)15-19(25)13-17-7-3-2-4-8-17/h2-4,7-8,18-19,25H,5-6,9-15H2,1H3/t18-,19-/m0/s1. The van der Waals surface area contributed by atoms with E-state index in [9.17, 15) is 5.11 Å². The first-order valence-corrected chi connectivity index (χ1v) is 9.71. The van der Waals surface area contributed by atoms with E-state index in [4.69, 9.17) is 4.98 Å². The molecule has 0 spiro atoms. The van der Waals surface area contributed by atoms with E-state index in [0.717, 1.165) is 32.5 Å². The molecule has 2 atom stereocenters. The molecule has 0 bridgehead atoms. The van der Waals surface area contributed by atoms with Crippen LogP contribution in [0.3, 0.4) is 0 Å². The SMILES string of the molecule is Cc1nc2c(n1[C@H]1CCN(C[C@@H](O)Cc3ccccc3)C1)CCCC2. The Hall–Kier alpha value is -1.65. The predicted molar refractivity (Wildman–Crippen MR) is 99.9 cm³/mol. The lowest BCUT2D eigenvalue weighted by molar-refractivity contribution is 0.123. The molecular formula is C21H29N3O. The van der Waals surface area contributed by atoms with Crippen LogP contribution in [0.4, 0.5) is 0 Å². The van der Waals surface area contributed by atoms with E-state index in [1.54, 1.807) is 0 Å². The normalized spacial score (nSPS) is 22.1. The van der Waals surface area contributed by atoms with E-state index in [1.807, 2.05) is 18.2 Å². The molecule has 0 unspecified atom stereocenters. The average Bonchev–Trinajstić information content (AvgIpc) is 3.18. The lowest BCUT2D eigenvalue weighted by Crippen LogP contribution is -2.32. The van der Waals surface area contributed by atoms with E-state index in [2.05, 4.69) is 28.5 Å². The average molecular weight is 339 g/mol. The Bertz CT molecular complexity index is 709. The first kappa shape index (κ1) is 16.8. The van der Waals surface area contributed by atoms with Crippen LogP contribution >= 0.6 is 0 Å². The second kappa shape index (κ2) is 7.30. The molecule has 25 heavy (non-hydrogen) atoms. The number of hydrogen-bond acceptors (Lipinski definition) is 3. The summed E-state index contributed by atoms with van der Waals surface area (Å²) >= 11 is 0. The number of rotatable bonds is 5. The smallest absolute Gasteiger partial charge is 0.106 e. The molecule has 1 aromatic heterocycles. The van der Waals surface area contributed by atoms with Gasteiger partial charge in [-0.25, -0.2) is 4.98 Å². The second-order valence-electron chi connectivity index (χ2n) is 7.68. The minimum atomic E-state index is -0.293. The molecule has 0 saturated carbocycles. The highest BCUT2D eigenvalue weighted by Crippen LogP contribution is 2.30. The molecule has 1 aliphatic carbocycles. The van der Waals surface area contributed by atoms with Gasteiger partial charge in [0.25, 0.3) is 0 Å². The van der Waals surface area contributed by atoms with Crippen molar-refractivity contribution in [2.45, 2.75) is 57.6 Å². The van der Waals surface area contributed by atoms with Crippen molar-refractivity contribution >= 4 is 0 Å². The molecule has 1 saturated heterocycles. The maximum Gasteiger partial charge on any atom is 0.106 e. The van der Waals surface area contributed by atoms with Crippen LogP contribution in [0.15, 0.2) is 30.3 Å². The highest BCUT2D eigenvalue weighted by atomic mass is 16.3. The van der Waals surface area contributed by atoms with Crippen LogP contribution in [-0.2, 0) is 19.3 Å². The molecule has 2 aliphatic rings. The Labute approximate surface area is 150 Å². The zero-order chi connectivity index (χ0) is 17.2. The summed E-state index contributed by atoms with van der Waals surface area (Å²) in [7, 11) is 0. The first-order chi connectivity index (χ1) is 12.2. The Balaban J connectivity index is 1.38. The van der Waals surface area contributed by atoms with Crippen LogP contribution in [-0.4, -0.2) is 45.3 Å². The van der Waals surface area contributed by atoms with E-state index in [0.29, 0.717) is 6.04 Å². The van der Waals surface area contributed by atoms with Crippen molar-refractivity contribution in [3.63, 3.8) is 0 Å². The Morgan fingerprint density at radius 1 is 1.20 bits per heavy atom. The van der Waals surface area contributed by atoms with Crippen molar-refractivity contribution in [1.82, 2.24) is 14.5 Å². The Morgan fingerprint density at radius 2 is 2.00 bits per heavy atom. The minimum absolute atomic E-state index is 0.293. The molecule has 0 radical (unpaired) electrons. The monoisotopic (exact) mass is 339 g/mol. The maximum absolute atomic E-state index is 10.5. The zero-order valence-electron chi connectivity index (χ0n) is 15.2. The number of hydrogen-bond donors (Lipinski definition) is 1. The molecule has 1 N–H and O–H groups in total. The van der Waals surface area contributed by atoms with E-state index in [-0.39, 0.29) is 6.10 Å². The zero-order valence-corrected chi connectivity index (χ0v) is 15.2. The summed E-state index contributed by atoms with van der Waals surface area (Å²) in [6, 6.07) is 10.8. The van der Waals surface area contributed by atoms with E-state index in [1.165, 1.54) is 48.5 Å². The quantitative estimate of drug-likeness (QED) is 0.911. The number of nitrogens with zero attached hydrogens (tertiary/aromatic N) is 3. The molecule has 2 heterocycles. The summed E-state index contributed by atoms with van der Waals surface area (Å²) in [6.07, 6.45) is 6.53. The number of aliphatic hydroxyl groups excluding tert-OH is 1. The Kier molecular flexibility index (Phi) is 4.91. The van der Waals surface area contributed by atoms with Gasteiger partial charge in [0.1, 0.15) is 5.82 Å². The van der Waals surface area contributed by atoms with Crippen molar-refractivity contribution in [2.75, 3.05) is 19.6 Å². The van der Waals surface area contributed by atoms with Crippen LogP contribution in [0.5, 0.6) is 0 Å². The highest BCUT2D eigenvalue weighted by molar-refractivity contribution is 5.21. The predicted octanol–water partition coefficient (Wildman–Crippen LogP) is 2.92. The number of aromatic nitrogens is 2. The third kappa shape index (κ3) is 3.65. The van der Waals surface area contributed by atoms with Crippen LogP contribution in [0.1, 0.15) is 48.1 Å². The maximum atomic E-state index is 10.5. The minimum Gasteiger partial charge on any atom is -0.391 e. The molecule has 1 aromatic carbocycles. The summed E-state index contributed by atoms with van der Waals surface area (Å²) in [5, 5.41) is 10.5. The van der Waals surface area contributed by atoms with Gasteiger partial charge < -0.3 is 9.67 Å². The van der Waals surface area contributed by atoms with Gasteiger partial charge in [0, 0.05) is 31.4 Å². The molecule has 4 rings (SSSR count). The van der Waals surface area contributed by atoms with Crippen LogP contribution < -0.4 is 0 Å². The molecule has 0 amide bonds. The number of benzene rings is 1. The first-order valence-electron chi connectivity index (χ1n) is 9.71. The summed E-state index contributed by atoms with van der Waals surface area (Å²) < 4.78 is 2.51. The van der Waals surface area contributed by atoms with Gasteiger partial charge in [-0.3, -0.25) is 4.90 Å². The fourth-order valence-electron chi connectivity index (χ4n) is 4.62. The van der Waals surface area contributed by atoms with Gasteiger partial charge >= 0.3 is 0 Å². The molecule has 134 valence electrons. The van der Waals surface area contributed by atoms with Crippen molar-refractivity contribution < 1.29 is 5.11 Å². The van der Waals surface area contributed by atoms with Crippen LogP contribution in [0.25, 0.3) is 0 Å². The topological polar surface area (TPSA) is 41.3 Å².